The first-order valence-corrected chi connectivity index (χ1v) is 10.6. The Morgan fingerprint density at radius 1 is 0.516 bits per heavy atom. The molecule has 4 aromatic carbocycles. The normalized spacial score (nSPS) is 9.84. The van der Waals surface area contributed by atoms with Crippen molar-refractivity contribution < 1.29 is 0 Å². The minimum atomic E-state index is 0.781. The minimum Gasteiger partial charge on any atom is -0.399 e. The Labute approximate surface area is 185 Å². The van der Waals surface area contributed by atoms with E-state index in [1.165, 1.54) is 5.69 Å². The number of rotatable bonds is 7. The average molecular weight is 411 g/mol. The number of benzene rings is 4. The minimum absolute atomic E-state index is 0.781. The lowest BCUT2D eigenvalue weighted by Crippen LogP contribution is -1.99. The highest BCUT2D eigenvalue weighted by molar-refractivity contribution is 5.63. The van der Waals surface area contributed by atoms with E-state index in [1.54, 1.807) is 0 Å². The molecule has 4 aromatic rings. The molecule has 0 heterocycles. The van der Waals surface area contributed by atoms with Gasteiger partial charge in [-0.3, -0.25) is 0 Å². The third-order valence-corrected chi connectivity index (χ3v) is 4.50. The van der Waals surface area contributed by atoms with E-state index in [0.717, 1.165) is 41.4 Å². The summed E-state index contributed by atoms with van der Waals surface area (Å²) in [5.74, 6) is 0. The number of nitrogen functional groups attached to an aromatic ring is 1. The first kappa shape index (κ1) is 21.8. The van der Waals surface area contributed by atoms with Gasteiger partial charge in [0, 0.05) is 40.7 Å². The van der Waals surface area contributed by atoms with Crippen LogP contribution in [0.3, 0.4) is 0 Å². The van der Waals surface area contributed by atoms with Crippen molar-refractivity contribution in [1.82, 2.24) is 0 Å². The zero-order chi connectivity index (χ0) is 21.7. The number of anilines is 6. The maximum absolute atomic E-state index is 5.59. The smallest absolute Gasteiger partial charge is 0.0385 e. The second-order valence-corrected chi connectivity index (χ2v) is 7.11. The van der Waals surface area contributed by atoms with Crippen molar-refractivity contribution in [1.29, 1.82) is 0 Å². The van der Waals surface area contributed by atoms with Crippen molar-refractivity contribution in [3.8, 4) is 0 Å². The van der Waals surface area contributed by atoms with Crippen LogP contribution in [0.5, 0.6) is 0 Å². The van der Waals surface area contributed by atoms with E-state index in [1.807, 2.05) is 72.8 Å². The third-order valence-electron chi connectivity index (χ3n) is 4.50. The van der Waals surface area contributed by atoms with Gasteiger partial charge in [-0.2, -0.15) is 0 Å². The zero-order valence-corrected chi connectivity index (χ0v) is 17.9. The van der Waals surface area contributed by atoms with Gasteiger partial charge in [0.2, 0.25) is 0 Å². The van der Waals surface area contributed by atoms with Gasteiger partial charge in [-0.25, -0.2) is 0 Å². The molecule has 4 rings (SSSR count). The van der Waals surface area contributed by atoms with Crippen molar-refractivity contribution in [2.75, 3.05) is 28.2 Å². The van der Waals surface area contributed by atoms with Crippen LogP contribution in [0.15, 0.2) is 109 Å². The molecule has 158 valence electrons. The average Bonchev–Trinajstić information content (AvgIpc) is 2.82. The molecule has 0 saturated carbocycles. The van der Waals surface area contributed by atoms with Gasteiger partial charge < -0.3 is 21.7 Å². The van der Waals surface area contributed by atoms with Crippen LogP contribution >= 0.6 is 0 Å². The number of hydrogen-bond donors (Lipinski definition) is 4. The topological polar surface area (TPSA) is 62.1 Å². The van der Waals surface area contributed by atoms with E-state index >= 15 is 0 Å². The molecule has 0 aliphatic rings. The maximum atomic E-state index is 5.59. The third kappa shape index (κ3) is 7.78. The Morgan fingerprint density at radius 2 is 0.903 bits per heavy atom. The summed E-state index contributed by atoms with van der Waals surface area (Å²) in [6.07, 6.45) is 1.14. The van der Waals surface area contributed by atoms with Gasteiger partial charge in [-0.1, -0.05) is 43.3 Å². The lowest BCUT2D eigenvalue weighted by atomic mass is 10.2. The number of nitrogens with two attached hydrogens (primary N) is 1. The van der Waals surface area contributed by atoms with Gasteiger partial charge in [0.05, 0.1) is 0 Å². The molecule has 0 radical (unpaired) electrons. The summed E-state index contributed by atoms with van der Waals surface area (Å²) >= 11 is 0. The molecular formula is C27H30N4. The standard InChI is InChI=1S/C15H18N2.C12H12N2/c1-2-12-16-13-8-10-15(11-9-13)17-14-6-4-3-5-7-14;13-10-6-8-12(9-7-10)14-11-4-2-1-3-5-11/h3-11,16-17H,2,12H2,1H3;1-9,14H,13H2. The first-order chi connectivity index (χ1) is 15.2. The van der Waals surface area contributed by atoms with Gasteiger partial charge in [0.25, 0.3) is 0 Å². The van der Waals surface area contributed by atoms with Crippen molar-refractivity contribution in [2.24, 2.45) is 0 Å². The van der Waals surface area contributed by atoms with Crippen LogP contribution in [0.2, 0.25) is 0 Å². The Kier molecular flexibility index (Phi) is 8.38. The van der Waals surface area contributed by atoms with E-state index in [0.29, 0.717) is 0 Å². The molecule has 31 heavy (non-hydrogen) atoms. The lowest BCUT2D eigenvalue weighted by Gasteiger charge is -2.08. The first-order valence-electron chi connectivity index (χ1n) is 10.6. The van der Waals surface area contributed by atoms with E-state index in [2.05, 4.69) is 59.3 Å². The summed E-state index contributed by atoms with van der Waals surface area (Å²) in [5.41, 5.74) is 11.9. The molecule has 0 bridgehead atoms. The van der Waals surface area contributed by atoms with Crippen LogP contribution in [-0.2, 0) is 0 Å². The molecule has 4 nitrogen and oxygen atoms in total. The highest BCUT2D eigenvalue weighted by Crippen LogP contribution is 2.19. The fourth-order valence-electron chi connectivity index (χ4n) is 2.88. The largest absolute Gasteiger partial charge is 0.399 e. The summed E-state index contributed by atoms with van der Waals surface area (Å²) in [4.78, 5) is 0. The van der Waals surface area contributed by atoms with Crippen LogP contribution in [0, 0.1) is 0 Å². The second-order valence-electron chi connectivity index (χ2n) is 7.11. The SMILES string of the molecule is CCCNc1ccc(Nc2ccccc2)cc1.Nc1ccc(Nc2ccccc2)cc1. The molecule has 0 aliphatic carbocycles. The fraction of sp³-hybridized carbons (Fsp3) is 0.111. The second kappa shape index (κ2) is 11.9. The molecule has 0 aliphatic heterocycles. The molecule has 4 heteroatoms. The van der Waals surface area contributed by atoms with Gasteiger partial charge in [0.15, 0.2) is 0 Å². The molecule has 0 aromatic heterocycles. The zero-order valence-electron chi connectivity index (χ0n) is 17.9. The number of para-hydroxylation sites is 2. The molecule has 0 unspecified atom stereocenters. The fourth-order valence-corrected chi connectivity index (χ4v) is 2.88. The predicted octanol–water partition coefficient (Wildman–Crippen LogP) is 7.26. The summed E-state index contributed by atoms with van der Waals surface area (Å²) < 4.78 is 0. The van der Waals surface area contributed by atoms with Crippen molar-refractivity contribution in [3.05, 3.63) is 109 Å². The molecule has 0 amide bonds. The summed E-state index contributed by atoms with van der Waals surface area (Å²) in [7, 11) is 0. The van der Waals surface area contributed by atoms with Crippen LogP contribution in [-0.4, -0.2) is 6.54 Å². The quantitative estimate of drug-likeness (QED) is 0.242. The Balaban J connectivity index is 0.000000179. The summed E-state index contributed by atoms with van der Waals surface area (Å²) in [6, 6.07) is 36.3. The monoisotopic (exact) mass is 410 g/mol. The van der Waals surface area contributed by atoms with Gasteiger partial charge in [-0.05, 0) is 79.2 Å². The van der Waals surface area contributed by atoms with Crippen LogP contribution < -0.4 is 21.7 Å². The highest BCUT2D eigenvalue weighted by Gasteiger charge is 1.95. The Hall–Kier alpha value is -3.92. The van der Waals surface area contributed by atoms with E-state index in [4.69, 9.17) is 5.73 Å². The van der Waals surface area contributed by atoms with Crippen LogP contribution in [0.25, 0.3) is 0 Å². The van der Waals surface area contributed by atoms with E-state index in [9.17, 15) is 0 Å². The van der Waals surface area contributed by atoms with E-state index in [-0.39, 0.29) is 0 Å². The van der Waals surface area contributed by atoms with Gasteiger partial charge >= 0.3 is 0 Å². The van der Waals surface area contributed by atoms with Crippen LogP contribution in [0.4, 0.5) is 34.1 Å². The molecule has 5 N–H and O–H groups in total. The van der Waals surface area contributed by atoms with Crippen molar-refractivity contribution in [3.63, 3.8) is 0 Å². The van der Waals surface area contributed by atoms with Gasteiger partial charge in [-0.15, -0.1) is 0 Å². The predicted molar refractivity (Wildman–Crippen MR) is 136 cm³/mol. The highest BCUT2D eigenvalue weighted by atomic mass is 14.9. The Bertz CT molecular complexity index is 999. The van der Waals surface area contributed by atoms with Crippen LogP contribution in [0.1, 0.15) is 13.3 Å². The molecule has 0 saturated heterocycles. The summed E-state index contributed by atoms with van der Waals surface area (Å²) in [6.45, 7) is 3.18. The molecule has 0 spiro atoms. The summed E-state index contributed by atoms with van der Waals surface area (Å²) in [5, 5.41) is 9.99. The maximum Gasteiger partial charge on any atom is 0.0385 e. The van der Waals surface area contributed by atoms with Crippen molar-refractivity contribution >= 4 is 34.1 Å². The Morgan fingerprint density at radius 3 is 1.35 bits per heavy atom. The number of hydrogen-bond acceptors (Lipinski definition) is 4. The molecule has 0 atom stereocenters. The van der Waals surface area contributed by atoms with E-state index < -0.39 is 0 Å². The molecule has 0 fully saturated rings. The molecular weight excluding hydrogens is 380 g/mol. The van der Waals surface area contributed by atoms with Crippen molar-refractivity contribution in [2.45, 2.75) is 13.3 Å². The van der Waals surface area contributed by atoms with Gasteiger partial charge in [0.1, 0.15) is 0 Å². The number of nitrogens with one attached hydrogen (secondary N) is 3. The lowest BCUT2D eigenvalue weighted by molar-refractivity contribution is 0.980.